The first-order valence-corrected chi connectivity index (χ1v) is 11.8. The fraction of sp³-hybridized carbons (Fsp3) is 0.308. The number of hydrogen-bond acceptors (Lipinski definition) is 2. The molecule has 0 aromatic heterocycles. The zero-order valence-electron chi connectivity index (χ0n) is 18.3. The number of sulfonamides is 1. The van der Waals surface area contributed by atoms with Gasteiger partial charge in [-0.3, -0.25) is 4.31 Å². The maximum atomic E-state index is 13.9. The third-order valence-corrected chi connectivity index (χ3v) is 8.31. The lowest BCUT2D eigenvalue weighted by Crippen LogP contribution is -2.55. The summed E-state index contributed by atoms with van der Waals surface area (Å²) in [6, 6.07) is 23.7. The van der Waals surface area contributed by atoms with Crippen LogP contribution in [0.4, 0.5) is 5.69 Å². The summed E-state index contributed by atoms with van der Waals surface area (Å²) < 4.78 is 29.4. The van der Waals surface area contributed by atoms with E-state index in [1.807, 2.05) is 52.0 Å². The number of anilines is 1. The Bertz CT molecular complexity index is 1180. The van der Waals surface area contributed by atoms with Crippen molar-refractivity contribution in [1.29, 1.82) is 0 Å². The molecule has 0 saturated carbocycles. The van der Waals surface area contributed by atoms with Gasteiger partial charge in [-0.2, -0.15) is 0 Å². The molecule has 3 nitrogen and oxygen atoms in total. The van der Waals surface area contributed by atoms with Gasteiger partial charge in [0, 0.05) is 5.41 Å². The topological polar surface area (TPSA) is 37.4 Å². The minimum atomic E-state index is -3.72. The standard InChI is InChI=1S/C26H29NO2S/c1-19-11-14-22(15-12-19)30(28,29)27-24-17-20(2)13-16-23(24)26(5,18-25(27,3)4)21-9-7-6-8-10-21/h6-17H,18H2,1-5H3/t26-/m1/s1. The van der Waals surface area contributed by atoms with Crippen LogP contribution in [0.25, 0.3) is 0 Å². The summed E-state index contributed by atoms with van der Waals surface area (Å²) in [5.74, 6) is 0. The molecule has 0 N–H and O–H groups in total. The van der Waals surface area contributed by atoms with Crippen molar-refractivity contribution in [2.24, 2.45) is 0 Å². The second-order valence-electron chi connectivity index (χ2n) is 9.29. The van der Waals surface area contributed by atoms with Crippen LogP contribution in [0.3, 0.4) is 0 Å². The van der Waals surface area contributed by atoms with Crippen molar-refractivity contribution < 1.29 is 8.42 Å². The molecular weight excluding hydrogens is 390 g/mol. The SMILES string of the molecule is Cc1ccc(S(=O)(=O)N2c3cc(C)ccc3[C@@](C)(c3ccccc3)CC2(C)C)cc1. The predicted octanol–water partition coefficient (Wildman–Crippen LogP) is 5.99. The molecule has 0 bridgehead atoms. The molecule has 0 aliphatic carbocycles. The first-order valence-electron chi connectivity index (χ1n) is 10.3. The van der Waals surface area contributed by atoms with Gasteiger partial charge in [0.2, 0.25) is 0 Å². The maximum absolute atomic E-state index is 13.9. The average molecular weight is 420 g/mol. The van der Waals surface area contributed by atoms with Crippen LogP contribution >= 0.6 is 0 Å². The van der Waals surface area contributed by atoms with E-state index in [1.165, 1.54) is 5.56 Å². The van der Waals surface area contributed by atoms with Crippen molar-refractivity contribution in [1.82, 2.24) is 0 Å². The van der Waals surface area contributed by atoms with Gasteiger partial charge in [-0.05, 0) is 69.0 Å². The summed E-state index contributed by atoms with van der Waals surface area (Å²) in [6.07, 6.45) is 0.686. The predicted molar refractivity (Wildman–Crippen MR) is 124 cm³/mol. The van der Waals surface area contributed by atoms with Gasteiger partial charge in [0.15, 0.2) is 0 Å². The lowest BCUT2D eigenvalue weighted by Gasteiger charge is -2.51. The summed E-state index contributed by atoms with van der Waals surface area (Å²) in [7, 11) is -3.72. The van der Waals surface area contributed by atoms with Crippen LogP contribution in [0.1, 0.15) is 49.4 Å². The van der Waals surface area contributed by atoms with Crippen LogP contribution in [-0.4, -0.2) is 14.0 Å². The highest BCUT2D eigenvalue weighted by molar-refractivity contribution is 7.93. The molecular formula is C26H29NO2S. The quantitative estimate of drug-likeness (QED) is 0.523. The Morgan fingerprint density at radius 1 is 0.800 bits per heavy atom. The lowest BCUT2D eigenvalue weighted by molar-refractivity contribution is 0.351. The van der Waals surface area contributed by atoms with Gasteiger partial charge in [0.05, 0.1) is 16.1 Å². The Balaban J connectivity index is 1.98. The van der Waals surface area contributed by atoms with Crippen molar-refractivity contribution >= 4 is 15.7 Å². The summed E-state index contributed by atoms with van der Waals surface area (Å²) in [5.41, 5.74) is 4.23. The van der Waals surface area contributed by atoms with Crippen LogP contribution in [0, 0.1) is 13.8 Å². The fourth-order valence-corrected chi connectivity index (χ4v) is 6.78. The molecule has 1 aliphatic heterocycles. The van der Waals surface area contributed by atoms with Crippen LogP contribution in [-0.2, 0) is 15.4 Å². The monoisotopic (exact) mass is 419 g/mol. The van der Waals surface area contributed by atoms with E-state index in [9.17, 15) is 8.42 Å². The third-order valence-electron chi connectivity index (χ3n) is 6.27. The normalized spacial score (nSPS) is 20.6. The molecule has 0 spiro atoms. The Labute approximate surface area is 180 Å². The molecule has 0 saturated heterocycles. The van der Waals surface area contributed by atoms with Crippen molar-refractivity contribution in [2.75, 3.05) is 4.31 Å². The van der Waals surface area contributed by atoms with E-state index >= 15 is 0 Å². The highest BCUT2D eigenvalue weighted by Crippen LogP contribution is 2.52. The average Bonchev–Trinajstić information content (AvgIpc) is 2.67. The highest BCUT2D eigenvalue weighted by atomic mass is 32.2. The molecule has 0 amide bonds. The Hall–Kier alpha value is -2.59. The molecule has 4 rings (SSSR count). The Morgan fingerprint density at radius 2 is 1.40 bits per heavy atom. The highest BCUT2D eigenvalue weighted by Gasteiger charge is 2.50. The minimum Gasteiger partial charge on any atom is -0.260 e. The second kappa shape index (κ2) is 6.98. The number of nitrogens with zero attached hydrogens (tertiary/aromatic N) is 1. The van der Waals surface area contributed by atoms with E-state index in [0.29, 0.717) is 11.3 Å². The van der Waals surface area contributed by atoms with Gasteiger partial charge < -0.3 is 0 Å². The van der Waals surface area contributed by atoms with Gasteiger partial charge in [-0.25, -0.2) is 8.42 Å². The maximum Gasteiger partial charge on any atom is 0.264 e. The summed E-state index contributed by atoms with van der Waals surface area (Å²) in [6.45, 7) is 10.3. The smallest absolute Gasteiger partial charge is 0.260 e. The lowest BCUT2D eigenvalue weighted by atomic mass is 9.66. The molecule has 1 heterocycles. The van der Waals surface area contributed by atoms with Crippen LogP contribution in [0.2, 0.25) is 0 Å². The molecule has 3 aromatic rings. The molecule has 1 aliphatic rings. The van der Waals surface area contributed by atoms with Gasteiger partial charge in [0.1, 0.15) is 0 Å². The molecule has 156 valence electrons. The summed E-state index contributed by atoms with van der Waals surface area (Å²) in [5, 5.41) is 0. The molecule has 0 unspecified atom stereocenters. The molecule has 4 heteroatoms. The molecule has 3 aromatic carbocycles. The van der Waals surface area contributed by atoms with Gasteiger partial charge in [-0.15, -0.1) is 0 Å². The largest absolute Gasteiger partial charge is 0.264 e. The zero-order chi connectivity index (χ0) is 21.7. The van der Waals surface area contributed by atoms with Crippen LogP contribution in [0.15, 0.2) is 77.7 Å². The van der Waals surface area contributed by atoms with E-state index < -0.39 is 15.6 Å². The molecule has 0 fully saturated rings. The Kier molecular flexibility index (Phi) is 4.81. The van der Waals surface area contributed by atoms with E-state index in [2.05, 4.69) is 43.3 Å². The van der Waals surface area contributed by atoms with Crippen molar-refractivity contribution in [3.8, 4) is 0 Å². The fourth-order valence-electron chi connectivity index (χ4n) is 4.97. The summed E-state index contributed by atoms with van der Waals surface area (Å²) in [4.78, 5) is 0.331. The van der Waals surface area contributed by atoms with E-state index in [4.69, 9.17) is 0 Å². The number of fused-ring (bicyclic) bond motifs is 1. The summed E-state index contributed by atoms with van der Waals surface area (Å²) >= 11 is 0. The van der Waals surface area contributed by atoms with E-state index in [-0.39, 0.29) is 5.41 Å². The minimum absolute atomic E-state index is 0.285. The van der Waals surface area contributed by atoms with E-state index in [1.54, 1.807) is 16.4 Å². The Morgan fingerprint density at radius 3 is 2.03 bits per heavy atom. The number of rotatable bonds is 3. The van der Waals surface area contributed by atoms with Crippen molar-refractivity contribution in [2.45, 2.75) is 56.9 Å². The van der Waals surface area contributed by atoms with Gasteiger partial charge in [0.25, 0.3) is 10.0 Å². The zero-order valence-corrected chi connectivity index (χ0v) is 19.1. The van der Waals surface area contributed by atoms with Gasteiger partial charge in [-0.1, -0.05) is 67.1 Å². The first-order chi connectivity index (χ1) is 14.1. The molecule has 0 radical (unpaired) electrons. The second-order valence-corrected chi connectivity index (χ2v) is 11.1. The van der Waals surface area contributed by atoms with Crippen LogP contribution < -0.4 is 4.31 Å². The first kappa shape index (κ1) is 20.7. The van der Waals surface area contributed by atoms with Crippen LogP contribution in [0.5, 0.6) is 0 Å². The third kappa shape index (κ3) is 3.24. The molecule has 1 atom stereocenters. The number of aryl methyl sites for hydroxylation is 2. The number of benzene rings is 3. The number of hydrogen-bond donors (Lipinski definition) is 0. The molecule has 30 heavy (non-hydrogen) atoms. The van der Waals surface area contributed by atoms with Crippen molar-refractivity contribution in [3.05, 3.63) is 95.1 Å². The van der Waals surface area contributed by atoms with E-state index in [0.717, 1.165) is 22.4 Å². The van der Waals surface area contributed by atoms with Gasteiger partial charge >= 0.3 is 0 Å². The van der Waals surface area contributed by atoms with Crippen molar-refractivity contribution in [3.63, 3.8) is 0 Å².